The highest BCUT2D eigenvalue weighted by Crippen LogP contribution is 2.18. The molecule has 2 aromatic carbocycles. The molecule has 0 radical (unpaired) electrons. The summed E-state index contributed by atoms with van der Waals surface area (Å²) >= 11 is 0. The first-order valence-corrected chi connectivity index (χ1v) is 8.43. The van der Waals surface area contributed by atoms with Crippen molar-refractivity contribution in [3.63, 3.8) is 0 Å². The second kappa shape index (κ2) is 7.49. The number of hydrogen-bond donors (Lipinski definition) is 1. The summed E-state index contributed by atoms with van der Waals surface area (Å²) in [6.07, 6.45) is 0.977. The molecular weight excluding hydrogens is 314 g/mol. The van der Waals surface area contributed by atoms with Crippen molar-refractivity contribution in [1.29, 1.82) is 0 Å². The minimum atomic E-state index is -0.0511. The Morgan fingerprint density at radius 2 is 1.72 bits per heavy atom. The van der Waals surface area contributed by atoms with E-state index in [1.54, 1.807) is 38.4 Å². The standard InChI is InChI=1S/C20H23N3O2/c1-22(2)20(25)16-7-9-18(10-8-16)21-19(24)14-23-12-11-15-5-3-4-6-17(15)13-23/h3-10H,11-14H2,1-2H3,(H,21,24). The molecule has 0 spiro atoms. The van der Waals surface area contributed by atoms with Gasteiger partial charge in [0.15, 0.2) is 0 Å². The minimum Gasteiger partial charge on any atom is -0.345 e. The van der Waals surface area contributed by atoms with Crippen LogP contribution in [0, 0.1) is 0 Å². The summed E-state index contributed by atoms with van der Waals surface area (Å²) in [6, 6.07) is 15.4. The molecule has 0 fully saturated rings. The van der Waals surface area contributed by atoms with E-state index in [1.165, 1.54) is 16.0 Å². The second-order valence-electron chi connectivity index (χ2n) is 6.55. The van der Waals surface area contributed by atoms with Crippen molar-refractivity contribution in [3.05, 3.63) is 65.2 Å². The molecule has 1 aliphatic rings. The van der Waals surface area contributed by atoms with E-state index >= 15 is 0 Å². The number of carbonyl (C=O) groups is 2. The number of nitrogens with one attached hydrogen (secondary N) is 1. The molecule has 1 aliphatic heterocycles. The van der Waals surface area contributed by atoms with Gasteiger partial charge in [0, 0.05) is 38.4 Å². The number of fused-ring (bicyclic) bond motifs is 1. The molecule has 5 nitrogen and oxygen atoms in total. The van der Waals surface area contributed by atoms with Crippen molar-refractivity contribution < 1.29 is 9.59 Å². The van der Waals surface area contributed by atoms with Crippen LogP contribution in [0.25, 0.3) is 0 Å². The van der Waals surface area contributed by atoms with Gasteiger partial charge in [-0.1, -0.05) is 24.3 Å². The Balaban J connectivity index is 1.55. The maximum Gasteiger partial charge on any atom is 0.253 e. The molecule has 0 aliphatic carbocycles. The van der Waals surface area contributed by atoms with Crippen LogP contribution in [0.2, 0.25) is 0 Å². The van der Waals surface area contributed by atoms with Gasteiger partial charge in [0.25, 0.3) is 5.91 Å². The molecule has 2 aromatic rings. The van der Waals surface area contributed by atoms with Crippen molar-refractivity contribution in [1.82, 2.24) is 9.80 Å². The van der Waals surface area contributed by atoms with Crippen LogP contribution in [0.4, 0.5) is 5.69 Å². The van der Waals surface area contributed by atoms with Crippen LogP contribution < -0.4 is 5.32 Å². The van der Waals surface area contributed by atoms with Crippen LogP contribution in [0.15, 0.2) is 48.5 Å². The Morgan fingerprint density at radius 1 is 1.04 bits per heavy atom. The molecule has 25 heavy (non-hydrogen) atoms. The summed E-state index contributed by atoms with van der Waals surface area (Å²) < 4.78 is 0. The van der Waals surface area contributed by atoms with Gasteiger partial charge in [-0.15, -0.1) is 0 Å². The highest BCUT2D eigenvalue weighted by atomic mass is 16.2. The Kier molecular flexibility index (Phi) is 5.14. The lowest BCUT2D eigenvalue weighted by Gasteiger charge is -2.28. The largest absolute Gasteiger partial charge is 0.345 e. The van der Waals surface area contributed by atoms with Crippen molar-refractivity contribution in [3.8, 4) is 0 Å². The van der Waals surface area contributed by atoms with E-state index in [9.17, 15) is 9.59 Å². The minimum absolute atomic E-state index is 0.0360. The van der Waals surface area contributed by atoms with E-state index in [4.69, 9.17) is 0 Å². The zero-order chi connectivity index (χ0) is 17.8. The first-order chi connectivity index (χ1) is 12.0. The summed E-state index contributed by atoms with van der Waals surface area (Å²) in [5.41, 5.74) is 3.99. The van der Waals surface area contributed by atoms with Gasteiger partial charge < -0.3 is 10.2 Å². The van der Waals surface area contributed by atoms with Crippen molar-refractivity contribution in [2.24, 2.45) is 0 Å². The molecule has 0 saturated heterocycles. The molecule has 1 heterocycles. The zero-order valence-corrected chi connectivity index (χ0v) is 14.7. The maximum atomic E-state index is 12.3. The highest BCUT2D eigenvalue weighted by molar-refractivity contribution is 5.96. The smallest absolute Gasteiger partial charge is 0.253 e. The number of hydrogen-bond acceptors (Lipinski definition) is 3. The number of anilines is 1. The summed E-state index contributed by atoms with van der Waals surface area (Å²) in [7, 11) is 3.43. The molecule has 0 unspecified atom stereocenters. The van der Waals surface area contributed by atoms with Gasteiger partial charge in [0.05, 0.1) is 6.54 Å². The van der Waals surface area contributed by atoms with E-state index < -0.39 is 0 Å². The van der Waals surface area contributed by atoms with Crippen LogP contribution >= 0.6 is 0 Å². The molecule has 0 atom stereocenters. The molecule has 0 bridgehead atoms. The third-order valence-corrected chi connectivity index (χ3v) is 4.40. The summed E-state index contributed by atoms with van der Waals surface area (Å²) in [6.45, 7) is 2.06. The van der Waals surface area contributed by atoms with Gasteiger partial charge in [0.1, 0.15) is 0 Å². The quantitative estimate of drug-likeness (QED) is 0.932. The normalized spacial score (nSPS) is 13.8. The molecule has 2 amide bonds. The second-order valence-corrected chi connectivity index (χ2v) is 6.55. The van der Waals surface area contributed by atoms with Gasteiger partial charge in [0.2, 0.25) is 5.91 Å². The van der Waals surface area contributed by atoms with E-state index in [-0.39, 0.29) is 11.8 Å². The number of amides is 2. The average Bonchev–Trinajstić information content (AvgIpc) is 2.61. The molecule has 5 heteroatoms. The monoisotopic (exact) mass is 337 g/mol. The predicted octanol–water partition coefficient (Wildman–Crippen LogP) is 2.39. The fourth-order valence-electron chi connectivity index (χ4n) is 3.05. The summed E-state index contributed by atoms with van der Waals surface area (Å²) in [5.74, 6) is -0.0871. The fraction of sp³-hybridized carbons (Fsp3) is 0.300. The molecule has 0 saturated carbocycles. The first-order valence-electron chi connectivity index (χ1n) is 8.43. The Hall–Kier alpha value is -2.66. The Morgan fingerprint density at radius 3 is 2.40 bits per heavy atom. The Labute approximate surface area is 148 Å². The van der Waals surface area contributed by atoms with Crippen LogP contribution in [-0.4, -0.2) is 48.8 Å². The maximum absolute atomic E-state index is 12.3. The van der Waals surface area contributed by atoms with Crippen LogP contribution in [0.3, 0.4) is 0 Å². The predicted molar refractivity (Wildman–Crippen MR) is 98.5 cm³/mol. The van der Waals surface area contributed by atoms with Crippen molar-refractivity contribution in [2.45, 2.75) is 13.0 Å². The average molecular weight is 337 g/mol. The number of nitrogens with zero attached hydrogens (tertiary/aromatic N) is 2. The lowest BCUT2D eigenvalue weighted by molar-refractivity contribution is -0.117. The van der Waals surface area contributed by atoms with E-state index in [2.05, 4.69) is 28.4 Å². The number of benzene rings is 2. The molecule has 0 aromatic heterocycles. The molecular formula is C20H23N3O2. The van der Waals surface area contributed by atoms with Crippen molar-refractivity contribution in [2.75, 3.05) is 32.5 Å². The SMILES string of the molecule is CN(C)C(=O)c1ccc(NC(=O)CN2CCc3ccccc3C2)cc1. The highest BCUT2D eigenvalue weighted by Gasteiger charge is 2.18. The van der Waals surface area contributed by atoms with Crippen LogP contribution in [-0.2, 0) is 17.8 Å². The third-order valence-electron chi connectivity index (χ3n) is 4.40. The fourth-order valence-corrected chi connectivity index (χ4v) is 3.05. The number of carbonyl (C=O) groups excluding carboxylic acids is 2. The molecule has 1 N–H and O–H groups in total. The third kappa shape index (κ3) is 4.25. The summed E-state index contributed by atoms with van der Waals surface area (Å²) in [4.78, 5) is 27.8. The summed E-state index contributed by atoms with van der Waals surface area (Å²) in [5, 5.41) is 2.90. The zero-order valence-electron chi connectivity index (χ0n) is 14.7. The van der Waals surface area contributed by atoms with Gasteiger partial charge in [-0.25, -0.2) is 0 Å². The Bertz CT molecular complexity index is 769. The lowest BCUT2D eigenvalue weighted by Crippen LogP contribution is -2.37. The van der Waals surface area contributed by atoms with Crippen LogP contribution in [0.1, 0.15) is 21.5 Å². The van der Waals surface area contributed by atoms with E-state index in [0.717, 1.165) is 19.5 Å². The van der Waals surface area contributed by atoms with Crippen LogP contribution in [0.5, 0.6) is 0 Å². The lowest BCUT2D eigenvalue weighted by atomic mass is 10.00. The van der Waals surface area contributed by atoms with Crippen molar-refractivity contribution >= 4 is 17.5 Å². The van der Waals surface area contributed by atoms with E-state index in [1.807, 2.05) is 6.07 Å². The van der Waals surface area contributed by atoms with E-state index in [0.29, 0.717) is 17.8 Å². The number of rotatable bonds is 4. The van der Waals surface area contributed by atoms with Gasteiger partial charge >= 0.3 is 0 Å². The van der Waals surface area contributed by atoms with Gasteiger partial charge in [-0.2, -0.15) is 0 Å². The topological polar surface area (TPSA) is 52.7 Å². The van der Waals surface area contributed by atoms with Gasteiger partial charge in [-0.3, -0.25) is 14.5 Å². The molecule has 130 valence electrons. The van der Waals surface area contributed by atoms with Gasteiger partial charge in [-0.05, 0) is 41.8 Å². The first kappa shape index (κ1) is 17.2. The molecule has 3 rings (SSSR count).